The molecular formula is C19H25N3O3. The summed E-state index contributed by atoms with van der Waals surface area (Å²) in [6.45, 7) is 3.55. The van der Waals surface area contributed by atoms with E-state index in [2.05, 4.69) is 14.9 Å². The summed E-state index contributed by atoms with van der Waals surface area (Å²) in [6, 6.07) is 7.79. The standard InChI is InChI=1S/C19H25N3O3/c1-23-17-5-3-4-6-18(17)25-14-15-7-11-22(12-8-15)13-16-19(24-2)21-10-9-20-16/h3-6,9-10,15H,7-8,11-14H2,1-2H3. The Balaban J connectivity index is 1.47. The molecule has 25 heavy (non-hydrogen) atoms. The van der Waals surface area contributed by atoms with Gasteiger partial charge in [0, 0.05) is 18.9 Å². The number of hydrogen-bond acceptors (Lipinski definition) is 6. The van der Waals surface area contributed by atoms with Crippen LogP contribution in [0.1, 0.15) is 18.5 Å². The second-order valence-corrected chi connectivity index (χ2v) is 6.19. The van der Waals surface area contributed by atoms with Gasteiger partial charge in [-0.15, -0.1) is 0 Å². The topological polar surface area (TPSA) is 56.7 Å². The summed E-state index contributed by atoms with van der Waals surface area (Å²) in [5.41, 5.74) is 0.897. The zero-order valence-electron chi connectivity index (χ0n) is 14.9. The summed E-state index contributed by atoms with van der Waals surface area (Å²) in [5.74, 6) is 2.78. The first-order chi connectivity index (χ1) is 12.3. The molecule has 0 amide bonds. The highest BCUT2D eigenvalue weighted by Gasteiger charge is 2.21. The Morgan fingerprint density at radius 3 is 2.44 bits per heavy atom. The van der Waals surface area contributed by atoms with Gasteiger partial charge in [0.1, 0.15) is 5.69 Å². The third-order valence-electron chi connectivity index (χ3n) is 4.55. The van der Waals surface area contributed by atoms with E-state index in [1.807, 2.05) is 24.3 Å². The van der Waals surface area contributed by atoms with Gasteiger partial charge in [-0.05, 0) is 44.0 Å². The van der Waals surface area contributed by atoms with E-state index in [1.165, 1.54) is 0 Å². The Hall–Kier alpha value is -2.34. The fourth-order valence-electron chi connectivity index (χ4n) is 3.10. The van der Waals surface area contributed by atoms with Crippen LogP contribution in [0, 0.1) is 5.92 Å². The van der Waals surface area contributed by atoms with Crippen LogP contribution in [0.25, 0.3) is 0 Å². The molecular weight excluding hydrogens is 318 g/mol. The second kappa shape index (κ2) is 8.67. The van der Waals surface area contributed by atoms with Crippen LogP contribution in [0.4, 0.5) is 0 Å². The largest absolute Gasteiger partial charge is 0.493 e. The maximum Gasteiger partial charge on any atom is 0.236 e. The molecule has 1 aromatic carbocycles. The minimum Gasteiger partial charge on any atom is -0.493 e. The van der Waals surface area contributed by atoms with Gasteiger partial charge in [0.05, 0.1) is 20.8 Å². The van der Waals surface area contributed by atoms with Gasteiger partial charge in [-0.2, -0.15) is 0 Å². The lowest BCUT2D eigenvalue weighted by molar-refractivity contribution is 0.133. The van der Waals surface area contributed by atoms with Crippen LogP contribution in [0.5, 0.6) is 17.4 Å². The van der Waals surface area contributed by atoms with Crippen molar-refractivity contribution in [3.05, 3.63) is 42.4 Å². The number of methoxy groups -OCH3 is 2. The van der Waals surface area contributed by atoms with Crippen LogP contribution in [0.2, 0.25) is 0 Å². The van der Waals surface area contributed by atoms with Gasteiger partial charge in [0.2, 0.25) is 5.88 Å². The smallest absolute Gasteiger partial charge is 0.236 e. The van der Waals surface area contributed by atoms with E-state index in [1.54, 1.807) is 26.6 Å². The molecule has 1 aliphatic rings. The van der Waals surface area contributed by atoms with E-state index >= 15 is 0 Å². The summed E-state index contributed by atoms with van der Waals surface area (Å²) in [6.07, 6.45) is 5.59. The summed E-state index contributed by atoms with van der Waals surface area (Å²) in [4.78, 5) is 11.0. The summed E-state index contributed by atoms with van der Waals surface area (Å²) >= 11 is 0. The first-order valence-corrected chi connectivity index (χ1v) is 8.62. The van der Waals surface area contributed by atoms with E-state index in [4.69, 9.17) is 14.2 Å². The van der Waals surface area contributed by atoms with E-state index in [0.717, 1.165) is 56.3 Å². The van der Waals surface area contributed by atoms with Crippen molar-refractivity contribution in [3.8, 4) is 17.4 Å². The molecule has 2 heterocycles. The van der Waals surface area contributed by atoms with Crippen molar-refractivity contribution in [1.82, 2.24) is 14.9 Å². The van der Waals surface area contributed by atoms with E-state index in [9.17, 15) is 0 Å². The zero-order valence-corrected chi connectivity index (χ0v) is 14.9. The highest BCUT2D eigenvalue weighted by Crippen LogP contribution is 2.28. The van der Waals surface area contributed by atoms with Crippen LogP contribution in [-0.2, 0) is 6.54 Å². The highest BCUT2D eigenvalue weighted by atomic mass is 16.5. The molecule has 6 nitrogen and oxygen atoms in total. The van der Waals surface area contributed by atoms with Gasteiger partial charge in [-0.3, -0.25) is 9.88 Å². The van der Waals surface area contributed by atoms with Crippen LogP contribution in [0.15, 0.2) is 36.7 Å². The van der Waals surface area contributed by atoms with E-state index in [0.29, 0.717) is 11.8 Å². The number of aromatic nitrogens is 2. The van der Waals surface area contributed by atoms with E-state index in [-0.39, 0.29) is 0 Å². The zero-order chi connectivity index (χ0) is 17.5. The third-order valence-corrected chi connectivity index (χ3v) is 4.55. The molecule has 3 rings (SSSR count). The second-order valence-electron chi connectivity index (χ2n) is 6.19. The molecule has 1 aromatic heterocycles. The van der Waals surface area contributed by atoms with Crippen molar-refractivity contribution < 1.29 is 14.2 Å². The van der Waals surface area contributed by atoms with Crippen molar-refractivity contribution in [1.29, 1.82) is 0 Å². The Kier molecular flexibility index (Phi) is 6.06. The van der Waals surface area contributed by atoms with Gasteiger partial charge in [-0.25, -0.2) is 4.98 Å². The summed E-state index contributed by atoms with van der Waals surface area (Å²) in [5, 5.41) is 0. The molecule has 0 N–H and O–H groups in total. The molecule has 0 atom stereocenters. The summed E-state index contributed by atoms with van der Waals surface area (Å²) in [7, 11) is 3.30. The third kappa shape index (κ3) is 4.60. The molecule has 0 unspecified atom stereocenters. The Bertz CT molecular complexity index is 672. The van der Waals surface area contributed by atoms with Gasteiger partial charge in [0.25, 0.3) is 0 Å². The predicted octanol–water partition coefficient (Wildman–Crippen LogP) is 2.78. The number of nitrogens with zero attached hydrogens (tertiary/aromatic N) is 3. The Morgan fingerprint density at radius 1 is 1.00 bits per heavy atom. The average Bonchev–Trinajstić information content (AvgIpc) is 2.68. The molecule has 0 saturated carbocycles. The van der Waals surface area contributed by atoms with Crippen LogP contribution in [0.3, 0.4) is 0 Å². The van der Waals surface area contributed by atoms with E-state index < -0.39 is 0 Å². The Labute approximate surface area is 148 Å². The van der Waals surface area contributed by atoms with Gasteiger partial charge in [0.15, 0.2) is 11.5 Å². The first-order valence-electron chi connectivity index (χ1n) is 8.62. The van der Waals surface area contributed by atoms with Crippen LogP contribution < -0.4 is 14.2 Å². The minimum absolute atomic E-state index is 0.560. The maximum absolute atomic E-state index is 5.97. The number of likely N-dealkylation sites (tertiary alicyclic amines) is 1. The lowest BCUT2D eigenvalue weighted by atomic mass is 9.97. The number of benzene rings is 1. The van der Waals surface area contributed by atoms with Crippen molar-refractivity contribution >= 4 is 0 Å². The first kappa shape index (κ1) is 17.5. The monoisotopic (exact) mass is 343 g/mol. The fraction of sp³-hybridized carbons (Fsp3) is 0.474. The number of para-hydroxylation sites is 2. The van der Waals surface area contributed by atoms with Crippen molar-refractivity contribution in [2.45, 2.75) is 19.4 Å². The quantitative estimate of drug-likeness (QED) is 0.770. The maximum atomic E-state index is 5.97. The van der Waals surface area contributed by atoms with Gasteiger partial charge < -0.3 is 14.2 Å². The van der Waals surface area contributed by atoms with Crippen molar-refractivity contribution in [2.75, 3.05) is 33.9 Å². The predicted molar refractivity (Wildman–Crippen MR) is 95.1 cm³/mol. The SMILES string of the molecule is COc1ccccc1OCC1CCN(Cc2nccnc2OC)CC1. The molecule has 0 radical (unpaired) electrons. The fourth-order valence-corrected chi connectivity index (χ4v) is 3.10. The van der Waals surface area contributed by atoms with Crippen LogP contribution >= 0.6 is 0 Å². The lowest BCUT2D eigenvalue weighted by Gasteiger charge is -2.31. The number of rotatable bonds is 7. The minimum atomic E-state index is 0.560. The van der Waals surface area contributed by atoms with Crippen LogP contribution in [-0.4, -0.2) is 48.8 Å². The molecule has 0 bridgehead atoms. The van der Waals surface area contributed by atoms with Crippen molar-refractivity contribution in [3.63, 3.8) is 0 Å². The van der Waals surface area contributed by atoms with Gasteiger partial charge in [-0.1, -0.05) is 12.1 Å². The molecule has 6 heteroatoms. The molecule has 134 valence electrons. The highest BCUT2D eigenvalue weighted by molar-refractivity contribution is 5.39. The molecule has 1 aliphatic heterocycles. The summed E-state index contributed by atoms with van der Waals surface area (Å²) < 4.78 is 16.6. The number of ether oxygens (including phenoxy) is 3. The molecule has 1 saturated heterocycles. The molecule has 0 aliphatic carbocycles. The van der Waals surface area contributed by atoms with Crippen molar-refractivity contribution in [2.24, 2.45) is 5.92 Å². The number of hydrogen-bond donors (Lipinski definition) is 0. The normalized spacial score (nSPS) is 15.8. The average molecular weight is 343 g/mol. The van der Waals surface area contributed by atoms with Gasteiger partial charge >= 0.3 is 0 Å². The Morgan fingerprint density at radius 2 is 1.72 bits per heavy atom. The molecule has 0 spiro atoms. The lowest BCUT2D eigenvalue weighted by Crippen LogP contribution is -2.35. The molecule has 1 fully saturated rings. The molecule has 2 aromatic rings. The number of piperidine rings is 1.